The monoisotopic (exact) mass is 503 g/mol. The molecule has 0 aromatic heterocycles. The quantitative estimate of drug-likeness (QED) is 0.0479. The number of nitrogens with two attached hydrogens (primary N) is 5. The van der Waals surface area contributed by atoms with E-state index < -0.39 is 66.8 Å². The maximum absolute atomic E-state index is 12.9. The summed E-state index contributed by atoms with van der Waals surface area (Å²) in [6.45, 7) is -0.208. The van der Waals surface area contributed by atoms with E-state index in [1.165, 1.54) is 0 Å². The Kier molecular flexibility index (Phi) is 15.3. The van der Waals surface area contributed by atoms with Crippen molar-refractivity contribution in [3.05, 3.63) is 0 Å². The molecule has 0 heterocycles. The van der Waals surface area contributed by atoms with Crippen LogP contribution in [-0.2, 0) is 24.0 Å². The molecule has 0 saturated heterocycles. The number of rotatable bonds is 18. The molecule has 15 N–H and O–H groups in total. The number of aliphatic imine (C=N–C) groups is 1. The highest BCUT2D eigenvalue weighted by Gasteiger charge is 2.31. The van der Waals surface area contributed by atoms with Crippen LogP contribution in [0.4, 0.5) is 0 Å². The van der Waals surface area contributed by atoms with Crippen molar-refractivity contribution in [2.75, 3.05) is 19.7 Å². The number of hydrogen-bond donors (Lipinski definition) is 10. The third kappa shape index (κ3) is 13.7. The predicted octanol–water partition coefficient (Wildman–Crippen LogP) is -5.10. The van der Waals surface area contributed by atoms with Crippen molar-refractivity contribution in [2.45, 2.75) is 62.7 Å². The van der Waals surface area contributed by atoms with Crippen LogP contribution in [0.1, 0.15) is 38.5 Å². The highest BCUT2D eigenvalue weighted by Crippen LogP contribution is 2.05. The Labute approximate surface area is 202 Å². The molecule has 0 spiro atoms. The topological polar surface area (TPSA) is 304 Å². The Bertz CT molecular complexity index is 759. The van der Waals surface area contributed by atoms with Gasteiger partial charge in [-0.15, -0.1) is 0 Å². The van der Waals surface area contributed by atoms with Crippen molar-refractivity contribution in [3.63, 3.8) is 0 Å². The number of aliphatic hydroxyl groups excluding tert-OH is 1. The van der Waals surface area contributed by atoms with Crippen LogP contribution in [0, 0.1) is 0 Å². The Hall–Kier alpha value is -3.50. The van der Waals surface area contributed by atoms with Crippen LogP contribution < -0.4 is 44.6 Å². The minimum absolute atomic E-state index is 0.00819. The second-order valence-electron chi connectivity index (χ2n) is 7.71. The normalized spacial score (nSPS) is 14.0. The molecule has 0 aliphatic rings. The third-order valence-electron chi connectivity index (χ3n) is 4.71. The zero-order chi connectivity index (χ0) is 27.0. The molecule has 0 aromatic rings. The van der Waals surface area contributed by atoms with Gasteiger partial charge in [-0.05, 0) is 38.6 Å². The van der Waals surface area contributed by atoms with Gasteiger partial charge in [0, 0.05) is 6.54 Å². The van der Waals surface area contributed by atoms with Gasteiger partial charge in [0.15, 0.2) is 5.96 Å². The van der Waals surface area contributed by atoms with Gasteiger partial charge in [0.1, 0.15) is 24.2 Å². The summed E-state index contributed by atoms with van der Waals surface area (Å²) in [4.78, 5) is 64.4. The van der Waals surface area contributed by atoms with Crippen molar-refractivity contribution in [1.29, 1.82) is 0 Å². The number of hydrogen-bond acceptors (Lipinski definition) is 9. The average molecular weight is 504 g/mol. The van der Waals surface area contributed by atoms with E-state index in [-0.39, 0.29) is 31.8 Å². The fourth-order valence-electron chi connectivity index (χ4n) is 2.84. The van der Waals surface area contributed by atoms with Crippen LogP contribution in [0.15, 0.2) is 4.99 Å². The van der Waals surface area contributed by atoms with E-state index >= 15 is 0 Å². The number of guanidine groups is 1. The van der Waals surface area contributed by atoms with Gasteiger partial charge in [0.25, 0.3) is 0 Å². The molecule has 16 heteroatoms. The lowest BCUT2D eigenvalue weighted by Gasteiger charge is -2.24. The molecule has 0 rings (SSSR count). The first kappa shape index (κ1) is 31.5. The van der Waals surface area contributed by atoms with Crippen molar-refractivity contribution < 1.29 is 34.2 Å². The molecular formula is C19H37N9O7. The van der Waals surface area contributed by atoms with Gasteiger partial charge in [-0.3, -0.25) is 24.2 Å². The summed E-state index contributed by atoms with van der Waals surface area (Å²) in [5.74, 6) is -5.07. The molecule has 16 nitrogen and oxygen atoms in total. The van der Waals surface area contributed by atoms with Gasteiger partial charge in [-0.2, -0.15) is 0 Å². The minimum atomic E-state index is -1.51. The van der Waals surface area contributed by atoms with Crippen molar-refractivity contribution in [3.8, 4) is 0 Å². The molecule has 200 valence electrons. The summed E-state index contributed by atoms with van der Waals surface area (Å²) in [6, 6.07) is -5.34. The minimum Gasteiger partial charge on any atom is -0.480 e. The molecule has 0 bridgehead atoms. The van der Waals surface area contributed by atoms with Gasteiger partial charge in [-0.25, -0.2) is 4.79 Å². The first-order chi connectivity index (χ1) is 16.4. The van der Waals surface area contributed by atoms with E-state index in [9.17, 15) is 29.1 Å². The van der Waals surface area contributed by atoms with Crippen molar-refractivity contribution in [2.24, 2.45) is 33.7 Å². The first-order valence-electron chi connectivity index (χ1n) is 11.0. The second-order valence-corrected chi connectivity index (χ2v) is 7.71. The van der Waals surface area contributed by atoms with Crippen LogP contribution in [0.3, 0.4) is 0 Å². The Balaban J connectivity index is 5.51. The van der Waals surface area contributed by atoms with E-state index in [1.54, 1.807) is 0 Å². The number of carbonyl (C=O) groups is 5. The smallest absolute Gasteiger partial charge is 0.326 e. The number of aliphatic carboxylic acids is 1. The molecule has 4 unspecified atom stereocenters. The van der Waals surface area contributed by atoms with Crippen LogP contribution >= 0.6 is 0 Å². The van der Waals surface area contributed by atoms with Gasteiger partial charge in [0.2, 0.25) is 23.6 Å². The van der Waals surface area contributed by atoms with E-state index in [1.807, 2.05) is 0 Å². The molecule has 0 saturated carbocycles. The molecule has 4 amide bonds. The Morgan fingerprint density at radius 2 is 1.34 bits per heavy atom. The van der Waals surface area contributed by atoms with Crippen LogP contribution in [0.25, 0.3) is 0 Å². The Morgan fingerprint density at radius 3 is 1.86 bits per heavy atom. The Morgan fingerprint density at radius 1 is 0.800 bits per heavy atom. The van der Waals surface area contributed by atoms with Gasteiger partial charge < -0.3 is 54.8 Å². The maximum Gasteiger partial charge on any atom is 0.326 e. The summed E-state index contributed by atoms with van der Waals surface area (Å²) in [5, 5.41) is 25.3. The van der Waals surface area contributed by atoms with Gasteiger partial charge >= 0.3 is 5.97 Å². The summed E-state index contributed by atoms with van der Waals surface area (Å²) in [7, 11) is 0. The summed E-state index contributed by atoms with van der Waals surface area (Å²) >= 11 is 0. The van der Waals surface area contributed by atoms with E-state index in [0.29, 0.717) is 19.4 Å². The molecular weight excluding hydrogens is 466 g/mol. The molecule has 0 aromatic carbocycles. The lowest BCUT2D eigenvalue weighted by Crippen LogP contribution is -2.58. The van der Waals surface area contributed by atoms with Gasteiger partial charge in [0.05, 0.1) is 13.0 Å². The molecule has 4 atom stereocenters. The average Bonchev–Trinajstić information content (AvgIpc) is 2.78. The number of nitrogens with one attached hydrogen (secondary N) is 3. The molecule has 0 radical (unpaired) electrons. The number of amides is 4. The SMILES string of the molecule is NCCCCC(NC(=O)C(CC(N)=O)NC(=O)C(CCCN=C(N)N)NC(=O)C(N)CO)C(=O)O. The van der Waals surface area contributed by atoms with Gasteiger partial charge in [-0.1, -0.05) is 0 Å². The fraction of sp³-hybridized carbons (Fsp3) is 0.684. The number of nitrogens with zero attached hydrogens (tertiary/aromatic N) is 1. The highest BCUT2D eigenvalue weighted by atomic mass is 16.4. The van der Waals surface area contributed by atoms with Crippen molar-refractivity contribution >= 4 is 35.6 Å². The molecule has 0 aliphatic carbocycles. The first-order valence-corrected chi connectivity index (χ1v) is 11.0. The lowest BCUT2D eigenvalue weighted by molar-refractivity contribution is -0.142. The summed E-state index contributed by atoms with van der Waals surface area (Å²) in [6.07, 6.45) is 0.664. The predicted molar refractivity (Wildman–Crippen MR) is 125 cm³/mol. The zero-order valence-electron chi connectivity index (χ0n) is 19.4. The molecule has 0 fully saturated rings. The number of primary amides is 1. The lowest BCUT2D eigenvalue weighted by atomic mass is 10.1. The standard InChI is InChI=1S/C19H37N9O7/c20-6-2-1-4-12(18(34)35)27-17(33)13(8-14(22)30)28-16(32)11(5-3-7-25-19(23)24)26-15(31)10(21)9-29/h10-13,29H,1-9,20-21H2,(H2,22,30)(H,26,31)(H,27,33)(H,28,32)(H,34,35)(H4,23,24,25). The summed E-state index contributed by atoms with van der Waals surface area (Å²) in [5.41, 5.74) is 26.5. The number of unbranched alkanes of at least 4 members (excludes halogenated alkanes) is 1. The molecule has 35 heavy (non-hydrogen) atoms. The van der Waals surface area contributed by atoms with Crippen LogP contribution in [0.2, 0.25) is 0 Å². The number of carboxylic acid groups (broad SMARTS) is 1. The fourth-order valence-corrected chi connectivity index (χ4v) is 2.84. The number of aliphatic hydroxyl groups is 1. The number of carboxylic acids is 1. The summed E-state index contributed by atoms with van der Waals surface area (Å²) < 4.78 is 0. The zero-order valence-corrected chi connectivity index (χ0v) is 19.4. The largest absolute Gasteiger partial charge is 0.480 e. The van der Waals surface area contributed by atoms with E-state index in [4.69, 9.17) is 33.8 Å². The highest BCUT2D eigenvalue weighted by molar-refractivity contribution is 5.96. The second kappa shape index (κ2) is 17.0. The van der Waals surface area contributed by atoms with Crippen molar-refractivity contribution in [1.82, 2.24) is 16.0 Å². The van der Waals surface area contributed by atoms with E-state index in [0.717, 1.165) is 0 Å². The number of carbonyl (C=O) groups excluding carboxylic acids is 4. The maximum atomic E-state index is 12.9. The molecule has 0 aliphatic heterocycles. The van der Waals surface area contributed by atoms with Crippen LogP contribution in [-0.4, -0.2) is 89.6 Å². The third-order valence-corrected chi connectivity index (χ3v) is 4.71. The van der Waals surface area contributed by atoms with Crippen LogP contribution in [0.5, 0.6) is 0 Å². The van der Waals surface area contributed by atoms with E-state index in [2.05, 4.69) is 20.9 Å².